The summed E-state index contributed by atoms with van der Waals surface area (Å²) in [6.07, 6.45) is 3.96. The Hall–Kier alpha value is -1.36. The quantitative estimate of drug-likeness (QED) is 0.794. The van der Waals surface area contributed by atoms with Crippen molar-refractivity contribution in [3.05, 3.63) is 17.2 Å². The van der Waals surface area contributed by atoms with Crippen LogP contribution in [0.2, 0.25) is 0 Å². The van der Waals surface area contributed by atoms with Gasteiger partial charge in [-0.05, 0) is 26.2 Å². The van der Waals surface area contributed by atoms with Crippen LogP contribution in [-0.4, -0.2) is 33.8 Å². The number of rotatable bonds is 6. The molecule has 0 bridgehead atoms. The molecule has 1 unspecified atom stereocenters. The molecule has 1 aromatic rings. The Morgan fingerprint density at radius 1 is 1.58 bits per heavy atom. The van der Waals surface area contributed by atoms with Crippen molar-refractivity contribution < 1.29 is 14.6 Å². The van der Waals surface area contributed by atoms with Gasteiger partial charge in [0.25, 0.3) is 0 Å². The Morgan fingerprint density at radius 3 is 3.05 bits per heavy atom. The molecule has 0 fully saturated rings. The second-order valence-electron chi connectivity index (χ2n) is 5.06. The number of imidazole rings is 1. The molecule has 0 saturated carbocycles. The summed E-state index contributed by atoms with van der Waals surface area (Å²) in [5.74, 6) is 0.0867. The van der Waals surface area contributed by atoms with Gasteiger partial charge in [-0.2, -0.15) is 0 Å². The molecule has 1 heterocycles. The highest BCUT2D eigenvalue weighted by Gasteiger charge is 2.28. The van der Waals surface area contributed by atoms with Gasteiger partial charge in [0.2, 0.25) is 0 Å². The first-order chi connectivity index (χ1) is 9.13. The van der Waals surface area contributed by atoms with E-state index >= 15 is 0 Å². The number of aryl methyl sites for hydroxylation is 1. The maximum Gasteiger partial charge on any atom is 0.306 e. The van der Waals surface area contributed by atoms with Crippen LogP contribution in [0.15, 0.2) is 0 Å². The summed E-state index contributed by atoms with van der Waals surface area (Å²) in [6.45, 7) is 3.49. The van der Waals surface area contributed by atoms with E-state index in [2.05, 4.69) is 9.55 Å². The van der Waals surface area contributed by atoms with Crippen molar-refractivity contribution in [3.63, 3.8) is 0 Å². The first kappa shape index (κ1) is 14.1. The molecule has 0 aromatic carbocycles. The normalized spacial score (nSPS) is 18.3. The number of hydrogen-bond donors (Lipinski definition) is 1. The average Bonchev–Trinajstić information content (AvgIpc) is 2.71. The average molecular weight is 266 g/mol. The topological polar surface area (TPSA) is 64.4 Å². The van der Waals surface area contributed by atoms with Crippen molar-refractivity contribution in [3.8, 4) is 0 Å². The number of aromatic nitrogens is 2. The van der Waals surface area contributed by atoms with Crippen molar-refractivity contribution in [1.82, 2.24) is 9.55 Å². The van der Waals surface area contributed by atoms with Gasteiger partial charge in [0.15, 0.2) is 0 Å². The zero-order chi connectivity index (χ0) is 13.8. The zero-order valence-electron chi connectivity index (χ0n) is 11.7. The van der Waals surface area contributed by atoms with Gasteiger partial charge in [0.1, 0.15) is 5.82 Å². The Balaban J connectivity index is 2.02. The van der Waals surface area contributed by atoms with E-state index in [1.165, 1.54) is 5.69 Å². The lowest BCUT2D eigenvalue weighted by Crippen LogP contribution is -2.22. The van der Waals surface area contributed by atoms with Crippen LogP contribution < -0.4 is 0 Å². The number of nitrogens with zero attached hydrogens (tertiary/aromatic N) is 2. The van der Waals surface area contributed by atoms with Crippen LogP contribution in [-0.2, 0) is 35.8 Å². The number of ether oxygens (including phenoxy) is 1. The lowest BCUT2D eigenvalue weighted by Gasteiger charge is -2.18. The summed E-state index contributed by atoms with van der Waals surface area (Å²) in [5, 5.41) is 9.09. The lowest BCUT2D eigenvalue weighted by atomic mass is 9.90. The van der Waals surface area contributed by atoms with Gasteiger partial charge < -0.3 is 14.4 Å². The third kappa shape index (κ3) is 3.15. The van der Waals surface area contributed by atoms with E-state index in [1.807, 2.05) is 14.0 Å². The Kier molecular flexibility index (Phi) is 4.58. The SMILES string of the molecule is CCOCCCc1nc2c(n1C)CCC(C(=O)O)C2. The zero-order valence-corrected chi connectivity index (χ0v) is 11.7. The van der Waals surface area contributed by atoms with Crippen molar-refractivity contribution in [2.45, 2.75) is 39.0 Å². The molecule has 1 aliphatic rings. The number of hydrogen-bond acceptors (Lipinski definition) is 3. The molecule has 0 radical (unpaired) electrons. The molecular weight excluding hydrogens is 244 g/mol. The van der Waals surface area contributed by atoms with Gasteiger partial charge in [0, 0.05) is 38.8 Å². The predicted octanol–water partition coefficient (Wildman–Crippen LogP) is 1.58. The molecule has 19 heavy (non-hydrogen) atoms. The molecule has 2 rings (SSSR count). The number of carbonyl (C=O) groups is 1. The lowest BCUT2D eigenvalue weighted by molar-refractivity contribution is -0.142. The summed E-state index contributed by atoms with van der Waals surface area (Å²) in [4.78, 5) is 15.7. The standard InChI is InChI=1S/C14H22N2O3/c1-3-19-8-4-5-13-15-11-9-10(14(17)18)6-7-12(11)16(13)2/h10H,3-9H2,1-2H3,(H,17,18). The molecule has 5 heteroatoms. The first-order valence-corrected chi connectivity index (χ1v) is 6.97. The van der Waals surface area contributed by atoms with Gasteiger partial charge in [-0.1, -0.05) is 0 Å². The van der Waals surface area contributed by atoms with Crippen LogP contribution in [0.25, 0.3) is 0 Å². The van der Waals surface area contributed by atoms with Crippen molar-refractivity contribution >= 4 is 5.97 Å². The molecular formula is C14H22N2O3. The summed E-state index contributed by atoms with van der Waals surface area (Å²) in [7, 11) is 2.03. The van der Waals surface area contributed by atoms with E-state index in [0.29, 0.717) is 6.42 Å². The Labute approximate surface area is 113 Å². The van der Waals surface area contributed by atoms with Gasteiger partial charge >= 0.3 is 5.97 Å². The van der Waals surface area contributed by atoms with E-state index < -0.39 is 5.97 Å². The minimum Gasteiger partial charge on any atom is -0.481 e. The molecule has 0 saturated heterocycles. The van der Waals surface area contributed by atoms with Crippen LogP contribution in [0.3, 0.4) is 0 Å². The molecule has 1 atom stereocenters. The maximum atomic E-state index is 11.0. The van der Waals surface area contributed by atoms with E-state index in [4.69, 9.17) is 9.84 Å². The van der Waals surface area contributed by atoms with Crippen LogP contribution in [0.1, 0.15) is 37.0 Å². The van der Waals surface area contributed by atoms with Gasteiger partial charge in [0.05, 0.1) is 11.6 Å². The monoisotopic (exact) mass is 266 g/mol. The largest absolute Gasteiger partial charge is 0.481 e. The van der Waals surface area contributed by atoms with Crippen LogP contribution >= 0.6 is 0 Å². The molecule has 0 amide bonds. The highest BCUT2D eigenvalue weighted by Crippen LogP contribution is 2.26. The van der Waals surface area contributed by atoms with E-state index in [-0.39, 0.29) is 5.92 Å². The van der Waals surface area contributed by atoms with Crippen molar-refractivity contribution in [2.24, 2.45) is 13.0 Å². The molecule has 1 N–H and O–H groups in total. The molecule has 106 valence electrons. The fourth-order valence-electron chi connectivity index (χ4n) is 2.68. The van der Waals surface area contributed by atoms with E-state index in [0.717, 1.165) is 50.4 Å². The molecule has 1 aromatic heterocycles. The maximum absolute atomic E-state index is 11.0. The molecule has 1 aliphatic carbocycles. The third-order valence-electron chi connectivity index (χ3n) is 3.80. The summed E-state index contributed by atoms with van der Waals surface area (Å²) in [6, 6.07) is 0. The number of aliphatic carboxylic acids is 1. The Bertz CT molecular complexity index is 454. The minimum atomic E-state index is -0.700. The Morgan fingerprint density at radius 2 is 2.37 bits per heavy atom. The van der Waals surface area contributed by atoms with Crippen molar-refractivity contribution in [2.75, 3.05) is 13.2 Å². The molecule has 0 aliphatic heterocycles. The number of carboxylic acids is 1. The fraction of sp³-hybridized carbons (Fsp3) is 0.714. The van der Waals surface area contributed by atoms with Gasteiger partial charge in [-0.25, -0.2) is 4.98 Å². The van der Waals surface area contributed by atoms with Crippen LogP contribution in [0.5, 0.6) is 0 Å². The van der Waals surface area contributed by atoms with Crippen LogP contribution in [0.4, 0.5) is 0 Å². The molecule has 5 nitrogen and oxygen atoms in total. The summed E-state index contributed by atoms with van der Waals surface area (Å²) >= 11 is 0. The second kappa shape index (κ2) is 6.19. The summed E-state index contributed by atoms with van der Waals surface area (Å²) < 4.78 is 7.47. The smallest absolute Gasteiger partial charge is 0.306 e. The number of carboxylic acid groups (broad SMARTS) is 1. The number of fused-ring (bicyclic) bond motifs is 1. The van der Waals surface area contributed by atoms with Crippen LogP contribution in [0, 0.1) is 5.92 Å². The fourth-order valence-corrected chi connectivity index (χ4v) is 2.68. The predicted molar refractivity (Wildman–Crippen MR) is 71.2 cm³/mol. The third-order valence-corrected chi connectivity index (χ3v) is 3.80. The summed E-state index contributed by atoms with van der Waals surface area (Å²) in [5.41, 5.74) is 2.19. The van der Waals surface area contributed by atoms with E-state index in [1.54, 1.807) is 0 Å². The van der Waals surface area contributed by atoms with Crippen molar-refractivity contribution in [1.29, 1.82) is 0 Å². The van der Waals surface area contributed by atoms with Gasteiger partial charge in [-0.15, -0.1) is 0 Å². The minimum absolute atomic E-state index is 0.265. The van der Waals surface area contributed by atoms with Gasteiger partial charge in [-0.3, -0.25) is 4.79 Å². The highest BCUT2D eigenvalue weighted by molar-refractivity contribution is 5.70. The van der Waals surface area contributed by atoms with E-state index in [9.17, 15) is 4.79 Å². The molecule has 0 spiro atoms. The highest BCUT2D eigenvalue weighted by atomic mass is 16.5. The first-order valence-electron chi connectivity index (χ1n) is 6.97. The second-order valence-corrected chi connectivity index (χ2v) is 5.06.